The Bertz CT molecular complexity index is 538. The van der Waals surface area contributed by atoms with Crippen molar-refractivity contribution in [1.29, 1.82) is 0 Å². The van der Waals surface area contributed by atoms with Gasteiger partial charge < -0.3 is 24.6 Å². The number of likely N-dealkylation sites (N-methyl/N-ethyl adjacent to an activating group) is 1. The number of carbonyl (C=O) groups is 1. The monoisotopic (exact) mass is 349 g/mol. The third-order valence-electron chi connectivity index (χ3n) is 4.77. The molecule has 1 aromatic carbocycles. The summed E-state index contributed by atoms with van der Waals surface area (Å²) in [6, 6.07) is 8.20. The van der Waals surface area contributed by atoms with Crippen molar-refractivity contribution in [2.45, 2.75) is 31.8 Å². The Kier molecular flexibility index (Phi) is 8.01. The zero-order valence-corrected chi connectivity index (χ0v) is 15.7. The van der Waals surface area contributed by atoms with Crippen molar-refractivity contribution in [3.8, 4) is 5.75 Å². The quantitative estimate of drug-likeness (QED) is 0.783. The van der Waals surface area contributed by atoms with E-state index in [9.17, 15) is 4.79 Å². The summed E-state index contributed by atoms with van der Waals surface area (Å²) in [5.74, 6) is 0.799. The molecule has 1 aromatic rings. The van der Waals surface area contributed by atoms with Gasteiger partial charge in [-0.05, 0) is 44.1 Å². The number of nitrogens with zero attached hydrogens (tertiary/aromatic N) is 2. The summed E-state index contributed by atoms with van der Waals surface area (Å²) in [5, 5.41) is 3.10. The van der Waals surface area contributed by atoms with Gasteiger partial charge in [0.05, 0.1) is 13.7 Å². The molecule has 0 bridgehead atoms. The standard InChI is InChI=1S/C19H31N3O3/c1-21-10-5-4-8-17(21)14-20-19(23)22(11-12-24-2)15-16-7-6-9-18(13-16)25-3/h6-7,9,13,17H,4-5,8,10-12,14-15H2,1-3H3,(H,20,23)/t17-/m0/s1. The van der Waals surface area contributed by atoms with Crippen LogP contribution in [0.15, 0.2) is 24.3 Å². The summed E-state index contributed by atoms with van der Waals surface area (Å²) < 4.78 is 10.4. The number of methoxy groups -OCH3 is 2. The molecule has 0 unspecified atom stereocenters. The Hall–Kier alpha value is -1.79. The first kappa shape index (κ1) is 19.5. The normalized spacial score (nSPS) is 18.0. The van der Waals surface area contributed by atoms with Crippen molar-refractivity contribution in [3.63, 3.8) is 0 Å². The van der Waals surface area contributed by atoms with Crippen LogP contribution in [0.5, 0.6) is 5.75 Å². The minimum absolute atomic E-state index is 0.0427. The van der Waals surface area contributed by atoms with Crippen molar-refractivity contribution in [2.75, 3.05) is 47.5 Å². The molecule has 1 saturated heterocycles. The van der Waals surface area contributed by atoms with Crippen LogP contribution in [0.2, 0.25) is 0 Å². The summed E-state index contributed by atoms with van der Waals surface area (Å²) in [4.78, 5) is 16.8. The van der Waals surface area contributed by atoms with Crippen molar-refractivity contribution in [3.05, 3.63) is 29.8 Å². The lowest BCUT2D eigenvalue weighted by molar-refractivity contribution is 0.140. The third kappa shape index (κ3) is 6.21. The van der Waals surface area contributed by atoms with Crippen LogP contribution in [0.3, 0.4) is 0 Å². The van der Waals surface area contributed by atoms with Gasteiger partial charge in [-0.15, -0.1) is 0 Å². The minimum atomic E-state index is -0.0427. The molecule has 1 aliphatic rings. The average Bonchev–Trinajstić information content (AvgIpc) is 2.64. The predicted octanol–water partition coefficient (Wildman–Crippen LogP) is 2.34. The highest BCUT2D eigenvalue weighted by Gasteiger charge is 2.21. The third-order valence-corrected chi connectivity index (χ3v) is 4.77. The molecule has 25 heavy (non-hydrogen) atoms. The molecular formula is C19H31N3O3. The second-order valence-corrected chi connectivity index (χ2v) is 6.58. The molecule has 1 fully saturated rings. The van der Waals surface area contributed by atoms with Gasteiger partial charge in [0.2, 0.25) is 0 Å². The van der Waals surface area contributed by atoms with Crippen LogP contribution >= 0.6 is 0 Å². The van der Waals surface area contributed by atoms with E-state index >= 15 is 0 Å². The Balaban J connectivity index is 1.93. The van der Waals surface area contributed by atoms with Crippen LogP contribution in [-0.4, -0.2) is 69.4 Å². The Morgan fingerprint density at radius 1 is 1.36 bits per heavy atom. The fourth-order valence-corrected chi connectivity index (χ4v) is 3.16. The molecule has 1 atom stereocenters. The fourth-order valence-electron chi connectivity index (χ4n) is 3.16. The van der Waals surface area contributed by atoms with E-state index in [4.69, 9.17) is 9.47 Å². The first-order chi connectivity index (χ1) is 12.1. The van der Waals surface area contributed by atoms with Gasteiger partial charge in [0.1, 0.15) is 5.75 Å². The summed E-state index contributed by atoms with van der Waals surface area (Å²) in [6.07, 6.45) is 3.63. The highest BCUT2D eigenvalue weighted by atomic mass is 16.5. The van der Waals surface area contributed by atoms with E-state index < -0.39 is 0 Å². The molecule has 1 heterocycles. The Morgan fingerprint density at radius 3 is 2.92 bits per heavy atom. The SMILES string of the molecule is COCCN(Cc1cccc(OC)c1)C(=O)NC[C@@H]1CCCCN1C. The maximum Gasteiger partial charge on any atom is 0.317 e. The summed E-state index contributed by atoms with van der Waals surface area (Å²) in [7, 11) is 5.43. The van der Waals surface area contributed by atoms with Gasteiger partial charge in [0.25, 0.3) is 0 Å². The van der Waals surface area contributed by atoms with Gasteiger partial charge in [-0.2, -0.15) is 0 Å². The fraction of sp³-hybridized carbons (Fsp3) is 0.632. The second kappa shape index (κ2) is 10.3. The molecule has 6 heteroatoms. The molecular weight excluding hydrogens is 318 g/mol. The molecule has 6 nitrogen and oxygen atoms in total. The van der Waals surface area contributed by atoms with Crippen molar-refractivity contribution < 1.29 is 14.3 Å². The topological polar surface area (TPSA) is 54.0 Å². The van der Waals surface area contributed by atoms with Crippen molar-refractivity contribution >= 4 is 6.03 Å². The van der Waals surface area contributed by atoms with Crippen molar-refractivity contribution in [2.24, 2.45) is 0 Å². The molecule has 0 spiro atoms. The summed E-state index contributed by atoms with van der Waals surface area (Å²) in [5.41, 5.74) is 1.04. The highest BCUT2D eigenvalue weighted by Crippen LogP contribution is 2.16. The highest BCUT2D eigenvalue weighted by molar-refractivity contribution is 5.74. The number of hydrogen-bond acceptors (Lipinski definition) is 4. The van der Waals surface area contributed by atoms with E-state index in [1.54, 1.807) is 19.1 Å². The number of nitrogens with one attached hydrogen (secondary N) is 1. The van der Waals surface area contributed by atoms with Crippen LogP contribution in [0.25, 0.3) is 0 Å². The van der Waals surface area contributed by atoms with Crippen LogP contribution in [0.1, 0.15) is 24.8 Å². The number of rotatable bonds is 8. The lowest BCUT2D eigenvalue weighted by atomic mass is 10.0. The first-order valence-corrected chi connectivity index (χ1v) is 8.99. The maximum atomic E-state index is 12.7. The lowest BCUT2D eigenvalue weighted by Gasteiger charge is -2.33. The molecule has 2 amide bonds. The predicted molar refractivity (Wildman–Crippen MR) is 98.9 cm³/mol. The number of hydrogen-bond donors (Lipinski definition) is 1. The van der Waals surface area contributed by atoms with E-state index in [-0.39, 0.29) is 6.03 Å². The maximum absolute atomic E-state index is 12.7. The summed E-state index contributed by atoms with van der Waals surface area (Å²) in [6.45, 7) is 3.41. The first-order valence-electron chi connectivity index (χ1n) is 8.99. The smallest absolute Gasteiger partial charge is 0.317 e. The van der Waals surface area contributed by atoms with Gasteiger partial charge in [-0.1, -0.05) is 18.6 Å². The van der Waals surface area contributed by atoms with E-state index in [0.717, 1.165) is 24.3 Å². The van der Waals surface area contributed by atoms with Gasteiger partial charge in [-0.25, -0.2) is 4.79 Å². The Morgan fingerprint density at radius 2 is 2.20 bits per heavy atom. The molecule has 0 aliphatic carbocycles. The second-order valence-electron chi connectivity index (χ2n) is 6.58. The van der Waals surface area contributed by atoms with Crippen LogP contribution in [0.4, 0.5) is 4.79 Å². The van der Waals surface area contributed by atoms with Gasteiger partial charge in [-0.3, -0.25) is 0 Å². The average molecular weight is 349 g/mol. The molecule has 140 valence electrons. The zero-order chi connectivity index (χ0) is 18.1. The van der Waals surface area contributed by atoms with Crippen molar-refractivity contribution in [1.82, 2.24) is 15.1 Å². The number of piperidine rings is 1. The molecule has 1 N–H and O–H groups in total. The van der Waals surface area contributed by atoms with Gasteiger partial charge in [0, 0.05) is 32.8 Å². The number of ether oxygens (including phenoxy) is 2. The number of benzene rings is 1. The molecule has 0 aromatic heterocycles. The molecule has 0 saturated carbocycles. The van der Waals surface area contributed by atoms with E-state index in [2.05, 4.69) is 17.3 Å². The number of carbonyl (C=O) groups excluding carboxylic acids is 1. The molecule has 1 aliphatic heterocycles. The largest absolute Gasteiger partial charge is 0.497 e. The van der Waals surface area contributed by atoms with Gasteiger partial charge in [0.15, 0.2) is 0 Å². The number of urea groups is 1. The van der Waals surface area contributed by atoms with E-state index in [1.807, 2.05) is 24.3 Å². The van der Waals surface area contributed by atoms with Crippen LogP contribution in [-0.2, 0) is 11.3 Å². The number of amides is 2. The van der Waals surface area contributed by atoms with Crippen LogP contribution < -0.4 is 10.1 Å². The minimum Gasteiger partial charge on any atom is -0.497 e. The Labute approximate surface area is 151 Å². The molecule has 2 rings (SSSR count). The summed E-state index contributed by atoms with van der Waals surface area (Å²) >= 11 is 0. The lowest BCUT2D eigenvalue weighted by Crippen LogP contribution is -2.48. The molecule has 0 radical (unpaired) electrons. The van der Waals surface area contributed by atoms with Crippen LogP contribution in [0, 0.1) is 0 Å². The number of likely N-dealkylation sites (tertiary alicyclic amines) is 1. The zero-order valence-electron chi connectivity index (χ0n) is 15.7. The van der Waals surface area contributed by atoms with Gasteiger partial charge >= 0.3 is 6.03 Å². The van der Waals surface area contributed by atoms with E-state index in [1.165, 1.54) is 12.8 Å². The van der Waals surface area contributed by atoms with E-state index in [0.29, 0.717) is 32.3 Å².